The number of carbonyl (C=O) groups excluding carboxylic acids is 2. The Bertz CT molecular complexity index is 3530. The molecule has 0 bridgehead atoms. The van der Waals surface area contributed by atoms with Crippen molar-refractivity contribution in [1.29, 1.82) is 0 Å². The number of alkyl halides is 38. The number of nitrogens with zero attached hydrogens (tertiary/aromatic N) is 2. The smallest absolute Gasteiger partial charge is 0.460 e. The van der Waals surface area contributed by atoms with E-state index in [4.69, 9.17) is 9.47 Å². The molecule has 46 heteroatoms. The minimum absolute atomic E-state index is 0.240. The van der Waals surface area contributed by atoms with Gasteiger partial charge >= 0.3 is 119 Å². The molecule has 0 saturated carbocycles. The van der Waals surface area contributed by atoms with Crippen molar-refractivity contribution in [3.63, 3.8) is 0 Å². The molecule has 0 aliphatic rings. The largest absolute Gasteiger partial charge is 0.487 e. The highest BCUT2D eigenvalue weighted by Crippen LogP contribution is 2.67. The number of ether oxygens (including phenoxy) is 4. The lowest BCUT2D eigenvalue weighted by molar-refractivity contribution is -0.469. The molecule has 5 aromatic carbocycles. The van der Waals surface area contributed by atoms with Gasteiger partial charge in [0, 0.05) is 12.4 Å². The average molecular weight is 1520 g/mol. The first-order valence-corrected chi connectivity index (χ1v) is 25.2. The first-order valence-electron chi connectivity index (χ1n) is 25.2. The SMILES string of the molecule is O=C(Oc1ccc(C=Nc2cccc(N=Cc3ccc(OC(=O)c4ccc(OCC(F)(F)C(F)(F)C(F)(F)C(F)(F)C(F)(F)C(F)(F)C(F)(F)C(F)(F)C(F)(F)F)cc4)cc3)c2)cc1)c1ccc(OCC(F)(F)C(F)(F)C(F)(F)C(F)(F)C(F)(F)C(F)(F)C(F)(F)C(F)(F)C(F)(F)F)cc1. The Balaban J connectivity index is 1.14. The third kappa shape index (κ3) is 14.0. The molecule has 0 heterocycles. The maximum Gasteiger partial charge on any atom is 0.460 e. The zero-order chi connectivity index (χ0) is 77.1. The van der Waals surface area contributed by atoms with Crippen LogP contribution in [0.2, 0.25) is 0 Å². The van der Waals surface area contributed by atoms with E-state index in [2.05, 4.69) is 19.5 Å². The summed E-state index contributed by atoms with van der Waals surface area (Å²) < 4.78 is 537. The second kappa shape index (κ2) is 26.4. The molecule has 0 N–H and O–H groups in total. The summed E-state index contributed by atoms with van der Waals surface area (Å²) in [5.74, 6) is -142. The van der Waals surface area contributed by atoms with E-state index < -0.39 is 155 Å². The summed E-state index contributed by atoms with van der Waals surface area (Å²) in [6.07, 6.45) is -13.6. The summed E-state index contributed by atoms with van der Waals surface area (Å²) in [6, 6.07) is 19.3. The number of rotatable bonds is 28. The van der Waals surface area contributed by atoms with Crippen LogP contribution < -0.4 is 18.9 Å². The lowest BCUT2D eigenvalue weighted by atomic mass is 9.87. The molecule has 0 saturated heterocycles. The van der Waals surface area contributed by atoms with Gasteiger partial charge < -0.3 is 18.9 Å². The van der Waals surface area contributed by atoms with E-state index in [1.165, 1.54) is 61.0 Å². The zero-order valence-electron chi connectivity index (χ0n) is 46.8. The fourth-order valence-electron chi connectivity index (χ4n) is 7.22. The predicted octanol–water partition coefficient (Wildman–Crippen LogP) is 19.7. The first kappa shape index (κ1) is 82.0. The van der Waals surface area contributed by atoms with Gasteiger partial charge in [-0.1, -0.05) is 6.07 Å². The van der Waals surface area contributed by atoms with Crippen molar-refractivity contribution >= 4 is 35.7 Å². The summed E-state index contributed by atoms with van der Waals surface area (Å²) >= 11 is 0. The van der Waals surface area contributed by atoms with Gasteiger partial charge in [0.1, 0.15) is 23.0 Å². The average Bonchev–Trinajstić information content (AvgIpc) is 0.697. The molecule has 0 atom stereocenters. The molecule has 0 fully saturated rings. The summed E-state index contributed by atoms with van der Waals surface area (Å²) in [5, 5.41) is 0. The Morgan fingerprint density at radius 2 is 0.500 bits per heavy atom. The van der Waals surface area contributed by atoms with Crippen LogP contribution in [0.15, 0.2) is 131 Å². The number of hydrogen-bond acceptors (Lipinski definition) is 8. The summed E-state index contributed by atoms with van der Waals surface area (Å²) in [6.45, 7) is -6.65. The van der Waals surface area contributed by atoms with Crippen molar-refractivity contribution < 1.29 is 195 Å². The van der Waals surface area contributed by atoms with Crippen molar-refractivity contribution in [3.8, 4) is 23.0 Å². The van der Waals surface area contributed by atoms with Gasteiger partial charge in [-0.25, -0.2) is 9.59 Å². The Labute approximate surface area is 527 Å². The second-order valence-electron chi connectivity index (χ2n) is 20.0. The minimum atomic E-state index is -9.11. The molecule has 0 spiro atoms. The van der Waals surface area contributed by atoms with Crippen LogP contribution in [0.5, 0.6) is 23.0 Å². The number of carbonyl (C=O) groups is 2. The lowest BCUT2D eigenvalue weighted by Crippen LogP contribution is -2.76. The molecule has 5 aromatic rings. The number of halogens is 38. The summed E-state index contributed by atoms with van der Waals surface area (Å²) in [5.41, 5.74) is -0.0682. The fraction of sp³-hybridized carbons (Fsp3) is 0.370. The fourth-order valence-corrected chi connectivity index (χ4v) is 7.22. The third-order valence-corrected chi connectivity index (χ3v) is 13.1. The maximum atomic E-state index is 14.4. The molecule has 0 radical (unpaired) electrons. The molecule has 0 aliphatic carbocycles. The van der Waals surface area contributed by atoms with Gasteiger partial charge in [-0.05, 0) is 126 Å². The van der Waals surface area contributed by atoms with Crippen LogP contribution in [0.1, 0.15) is 31.8 Å². The van der Waals surface area contributed by atoms with E-state index in [0.29, 0.717) is 59.7 Å². The van der Waals surface area contributed by atoms with Crippen LogP contribution in [0, 0.1) is 0 Å². The van der Waals surface area contributed by atoms with E-state index in [1.807, 2.05) is 0 Å². The van der Waals surface area contributed by atoms with Gasteiger partial charge in [-0.15, -0.1) is 0 Å². The second-order valence-corrected chi connectivity index (χ2v) is 20.0. The van der Waals surface area contributed by atoms with Crippen LogP contribution in [0.3, 0.4) is 0 Å². The van der Waals surface area contributed by atoms with Gasteiger partial charge in [0.15, 0.2) is 13.2 Å². The van der Waals surface area contributed by atoms with Gasteiger partial charge in [-0.3, -0.25) is 9.98 Å². The summed E-state index contributed by atoms with van der Waals surface area (Å²) in [7, 11) is 0. The van der Waals surface area contributed by atoms with E-state index in [0.717, 1.165) is 24.3 Å². The quantitative estimate of drug-likeness (QED) is 0.0214. The normalized spacial score (nSPS) is 14.8. The topological polar surface area (TPSA) is 95.8 Å². The molecule has 100 heavy (non-hydrogen) atoms. The highest BCUT2D eigenvalue weighted by Gasteiger charge is 2.98. The van der Waals surface area contributed by atoms with E-state index in [1.54, 1.807) is 0 Å². The van der Waals surface area contributed by atoms with Gasteiger partial charge in [0.2, 0.25) is 0 Å². The Hall–Kier alpha value is -8.68. The van der Waals surface area contributed by atoms with Crippen LogP contribution in [-0.4, -0.2) is 145 Å². The zero-order valence-corrected chi connectivity index (χ0v) is 46.8. The Kier molecular flexibility index (Phi) is 21.6. The van der Waals surface area contributed by atoms with Crippen molar-refractivity contribution in [3.05, 3.63) is 144 Å². The van der Waals surface area contributed by atoms with Crippen molar-refractivity contribution in [1.82, 2.24) is 0 Å². The summed E-state index contributed by atoms with van der Waals surface area (Å²) in [4.78, 5) is 33.8. The van der Waals surface area contributed by atoms with Crippen LogP contribution in [0.4, 0.5) is 178 Å². The lowest BCUT2D eigenvalue weighted by Gasteiger charge is -2.43. The highest BCUT2D eigenvalue weighted by atomic mass is 19.5. The Morgan fingerprint density at radius 3 is 0.740 bits per heavy atom. The van der Waals surface area contributed by atoms with Gasteiger partial charge in [0.05, 0.1) is 22.5 Å². The Morgan fingerprint density at radius 1 is 0.280 bits per heavy atom. The monoisotopic (exact) mass is 1520 g/mol. The number of hydrogen-bond donors (Lipinski definition) is 0. The molecule has 554 valence electrons. The number of benzene rings is 5. The van der Waals surface area contributed by atoms with E-state index >= 15 is 0 Å². The molecule has 0 amide bonds. The van der Waals surface area contributed by atoms with Crippen LogP contribution >= 0.6 is 0 Å². The van der Waals surface area contributed by atoms with E-state index in [9.17, 15) is 176 Å². The van der Waals surface area contributed by atoms with Crippen molar-refractivity contribution in [2.75, 3.05) is 13.2 Å². The molecular formula is C54H26F38N2O6. The highest BCUT2D eigenvalue weighted by molar-refractivity contribution is 5.92. The molecule has 5 rings (SSSR count). The predicted molar refractivity (Wildman–Crippen MR) is 259 cm³/mol. The van der Waals surface area contributed by atoms with E-state index in [-0.39, 0.29) is 22.9 Å². The standard InChI is InChI=1S/C54H26F38N2O6/c55-37(56,39(59,60)41(63,64)43(67,68)45(71,72)47(75,76)49(79,80)51(83,84)53(87,88)89)23-97-31-16-8-27(9-17-31)35(95)99-33-12-4-25(5-13-33)21-93-29-2-1-3-30(20-29)94-22-26-6-14-34(15-7-26)100-36(96)28-10-18-32(19-11-28)98-24-38(57,58)40(61,62)42(65,66)44(69,70)46(73,74)48(77,78)50(81,82)52(85,86)54(90,91)92/h1-22H,23-24H2. The van der Waals surface area contributed by atoms with Crippen LogP contribution in [-0.2, 0) is 0 Å². The number of esters is 2. The number of aliphatic imine (C=N–C) groups is 2. The minimum Gasteiger partial charge on any atom is -0.487 e. The van der Waals surface area contributed by atoms with Gasteiger partial charge in [-0.2, -0.15) is 167 Å². The third-order valence-electron chi connectivity index (χ3n) is 13.1. The molecule has 0 aliphatic heterocycles. The molecular weight excluding hydrogens is 1490 g/mol. The van der Waals surface area contributed by atoms with Crippen molar-refractivity contribution in [2.24, 2.45) is 9.98 Å². The van der Waals surface area contributed by atoms with Gasteiger partial charge in [0.25, 0.3) is 0 Å². The molecule has 0 unspecified atom stereocenters. The molecule has 8 nitrogen and oxygen atoms in total. The maximum absolute atomic E-state index is 14.4. The first-order chi connectivity index (χ1) is 44.8. The van der Waals surface area contributed by atoms with Crippen LogP contribution in [0.25, 0.3) is 0 Å². The van der Waals surface area contributed by atoms with Crippen molar-refractivity contribution in [2.45, 2.75) is 107 Å². The molecule has 0 aromatic heterocycles.